The lowest BCUT2D eigenvalue weighted by atomic mass is 9.90. The molecule has 0 aliphatic heterocycles. The van der Waals surface area contributed by atoms with Crippen molar-refractivity contribution in [3.8, 4) is 0 Å². The molecule has 2 unspecified atom stereocenters. The quantitative estimate of drug-likeness (QED) is 0.664. The minimum absolute atomic E-state index is 0.189. The zero-order valence-corrected chi connectivity index (χ0v) is 13.3. The van der Waals surface area contributed by atoms with Gasteiger partial charge in [-0.2, -0.15) is 0 Å². The van der Waals surface area contributed by atoms with Crippen molar-refractivity contribution in [2.45, 2.75) is 58.6 Å². The van der Waals surface area contributed by atoms with Gasteiger partial charge in [0, 0.05) is 18.4 Å². The van der Waals surface area contributed by atoms with Crippen molar-refractivity contribution in [3.63, 3.8) is 0 Å². The van der Waals surface area contributed by atoms with E-state index >= 15 is 0 Å². The molecule has 0 bridgehead atoms. The molecule has 0 amide bonds. The predicted molar refractivity (Wildman–Crippen MR) is 76.7 cm³/mol. The summed E-state index contributed by atoms with van der Waals surface area (Å²) in [6, 6.07) is 0.189. The van der Waals surface area contributed by atoms with Gasteiger partial charge in [-0.15, -0.1) is 0 Å². The maximum absolute atomic E-state index is 11.5. The second-order valence-electron chi connectivity index (χ2n) is 4.82. The van der Waals surface area contributed by atoms with E-state index in [0.717, 1.165) is 12.8 Å². The van der Waals surface area contributed by atoms with Gasteiger partial charge < -0.3 is 10.1 Å². The topological polar surface area (TPSA) is 55.4 Å². The zero-order chi connectivity index (χ0) is 14.2. The summed E-state index contributed by atoms with van der Waals surface area (Å²) < 4.78 is 28.8. The Morgan fingerprint density at radius 1 is 1.28 bits per heavy atom. The molecule has 0 aromatic carbocycles. The van der Waals surface area contributed by atoms with Crippen LogP contribution in [0.1, 0.15) is 47.0 Å². The molecule has 0 radical (unpaired) electrons. The van der Waals surface area contributed by atoms with Crippen molar-refractivity contribution in [1.82, 2.24) is 5.32 Å². The van der Waals surface area contributed by atoms with Crippen molar-refractivity contribution in [2.24, 2.45) is 0 Å². The van der Waals surface area contributed by atoms with Gasteiger partial charge in [-0.05, 0) is 40.2 Å². The van der Waals surface area contributed by atoms with Gasteiger partial charge in [0.25, 0.3) is 0 Å². The molecule has 0 heterocycles. The smallest absolute Gasteiger partial charge is 0.150 e. The Kier molecular flexibility index (Phi) is 8.06. The number of sulfone groups is 1. The van der Waals surface area contributed by atoms with E-state index in [1.807, 2.05) is 14.0 Å². The lowest BCUT2D eigenvalue weighted by Gasteiger charge is -2.36. The molecule has 0 rings (SSSR count). The van der Waals surface area contributed by atoms with Gasteiger partial charge in [-0.1, -0.05) is 13.8 Å². The van der Waals surface area contributed by atoms with Crippen molar-refractivity contribution in [3.05, 3.63) is 0 Å². The number of ether oxygens (including phenoxy) is 1. The average Bonchev–Trinajstić information content (AvgIpc) is 2.34. The van der Waals surface area contributed by atoms with Crippen LogP contribution in [0.15, 0.2) is 0 Å². The molecule has 0 aromatic rings. The van der Waals surface area contributed by atoms with E-state index < -0.39 is 9.84 Å². The summed E-state index contributed by atoms with van der Waals surface area (Å²) in [7, 11) is -0.948. The van der Waals surface area contributed by atoms with Gasteiger partial charge in [0.2, 0.25) is 0 Å². The molecule has 0 spiro atoms. The Bertz CT molecular complexity index is 316. The SMILES string of the molecule is CCOC(C)(CC)C(CCCS(=O)(=O)CC)NC. The number of hydrogen-bond acceptors (Lipinski definition) is 4. The summed E-state index contributed by atoms with van der Waals surface area (Å²) in [6.07, 6.45) is 2.41. The fourth-order valence-electron chi connectivity index (χ4n) is 2.19. The Balaban J connectivity index is 4.42. The first kappa shape index (κ1) is 17.9. The molecule has 0 aliphatic carbocycles. The fourth-order valence-corrected chi connectivity index (χ4v) is 3.08. The standard InChI is InChI=1S/C13H29NO3S/c1-6-13(4,17-7-2)12(14-5)10-9-11-18(15,16)8-3/h12,14H,6-11H2,1-5H3. The summed E-state index contributed by atoms with van der Waals surface area (Å²) in [5, 5.41) is 3.26. The van der Waals surface area contributed by atoms with Gasteiger partial charge in [-0.3, -0.25) is 0 Å². The van der Waals surface area contributed by atoms with Crippen LogP contribution in [0.3, 0.4) is 0 Å². The molecule has 0 saturated heterocycles. The Labute approximate surface area is 112 Å². The van der Waals surface area contributed by atoms with Crippen LogP contribution >= 0.6 is 0 Å². The second-order valence-corrected chi connectivity index (χ2v) is 7.29. The number of rotatable bonds is 10. The first-order chi connectivity index (χ1) is 8.35. The fraction of sp³-hybridized carbons (Fsp3) is 1.00. The highest BCUT2D eigenvalue weighted by Crippen LogP contribution is 2.23. The number of likely N-dealkylation sites (N-methyl/N-ethyl adjacent to an activating group) is 1. The van der Waals surface area contributed by atoms with E-state index in [1.165, 1.54) is 0 Å². The summed E-state index contributed by atoms with van der Waals surface area (Å²) in [5.74, 6) is 0.501. The normalized spacial score (nSPS) is 17.4. The van der Waals surface area contributed by atoms with Crippen LogP contribution in [0.5, 0.6) is 0 Å². The Morgan fingerprint density at radius 2 is 1.89 bits per heavy atom. The average molecular weight is 279 g/mol. The van der Waals surface area contributed by atoms with Crippen molar-refractivity contribution in [1.29, 1.82) is 0 Å². The summed E-state index contributed by atoms with van der Waals surface area (Å²) in [6.45, 7) is 8.55. The highest BCUT2D eigenvalue weighted by Gasteiger charge is 2.31. The monoisotopic (exact) mass is 279 g/mol. The van der Waals surface area contributed by atoms with Crippen LogP contribution in [-0.2, 0) is 14.6 Å². The maximum Gasteiger partial charge on any atom is 0.150 e. The lowest BCUT2D eigenvalue weighted by Crippen LogP contribution is -2.49. The molecule has 110 valence electrons. The minimum atomic E-state index is -2.86. The van der Waals surface area contributed by atoms with Crippen LogP contribution in [-0.4, -0.2) is 45.2 Å². The number of hydrogen-bond donors (Lipinski definition) is 1. The predicted octanol–water partition coefficient (Wildman–Crippen LogP) is 1.99. The van der Waals surface area contributed by atoms with E-state index in [0.29, 0.717) is 13.0 Å². The maximum atomic E-state index is 11.5. The Hall–Kier alpha value is -0.130. The van der Waals surface area contributed by atoms with E-state index in [9.17, 15) is 8.42 Å². The van der Waals surface area contributed by atoms with Crippen LogP contribution in [0.25, 0.3) is 0 Å². The van der Waals surface area contributed by atoms with Gasteiger partial charge in [0.1, 0.15) is 9.84 Å². The molecule has 0 aromatic heterocycles. The molecular weight excluding hydrogens is 250 g/mol. The van der Waals surface area contributed by atoms with Gasteiger partial charge >= 0.3 is 0 Å². The third kappa shape index (κ3) is 5.67. The van der Waals surface area contributed by atoms with E-state index in [2.05, 4.69) is 19.2 Å². The zero-order valence-electron chi connectivity index (χ0n) is 12.5. The second kappa shape index (κ2) is 8.12. The molecular formula is C13H29NO3S. The van der Waals surface area contributed by atoms with Crippen LogP contribution in [0.2, 0.25) is 0 Å². The molecule has 1 N–H and O–H groups in total. The number of nitrogens with one attached hydrogen (secondary N) is 1. The van der Waals surface area contributed by atoms with Crippen LogP contribution < -0.4 is 5.32 Å². The summed E-state index contributed by atoms with van der Waals surface area (Å²) in [4.78, 5) is 0. The van der Waals surface area contributed by atoms with Crippen molar-refractivity contribution in [2.75, 3.05) is 25.2 Å². The van der Waals surface area contributed by atoms with Crippen LogP contribution in [0.4, 0.5) is 0 Å². The molecule has 18 heavy (non-hydrogen) atoms. The first-order valence-electron chi connectivity index (χ1n) is 6.86. The molecule has 0 fully saturated rings. The minimum Gasteiger partial charge on any atom is -0.374 e. The van der Waals surface area contributed by atoms with E-state index in [1.54, 1.807) is 6.92 Å². The van der Waals surface area contributed by atoms with E-state index in [-0.39, 0.29) is 23.1 Å². The van der Waals surface area contributed by atoms with Gasteiger partial charge in [0.05, 0.1) is 11.4 Å². The summed E-state index contributed by atoms with van der Waals surface area (Å²) in [5.41, 5.74) is -0.223. The Morgan fingerprint density at radius 3 is 2.28 bits per heavy atom. The van der Waals surface area contributed by atoms with Crippen molar-refractivity contribution >= 4 is 9.84 Å². The lowest BCUT2D eigenvalue weighted by molar-refractivity contribution is -0.0554. The molecule has 5 heteroatoms. The molecule has 4 nitrogen and oxygen atoms in total. The highest BCUT2D eigenvalue weighted by atomic mass is 32.2. The van der Waals surface area contributed by atoms with Crippen molar-refractivity contribution < 1.29 is 13.2 Å². The van der Waals surface area contributed by atoms with Crippen LogP contribution in [0, 0.1) is 0 Å². The van der Waals surface area contributed by atoms with Gasteiger partial charge in [0.15, 0.2) is 0 Å². The summed E-state index contributed by atoms with van der Waals surface area (Å²) >= 11 is 0. The highest BCUT2D eigenvalue weighted by molar-refractivity contribution is 7.91. The molecule has 0 saturated carbocycles. The first-order valence-corrected chi connectivity index (χ1v) is 8.69. The third-order valence-corrected chi connectivity index (χ3v) is 5.44. The van der Waals surface area contributed by atoms with Gasteiger partial charge in [-0.25, -0.2) is 8.42 Å². The largest absolute Gasteiger partial charge is 0.374 e. The third-order valence-electron chi connectivity index (χ3n) is 3.65. The molecule has 2 atom stereocenters. The van der Waals surface area contributed by atoms with E-state index in [4.69, 9.17) is 4.74 Å². The molecule has 0 aliphatic rings.